The maximum atomic E-state index is 12.0. The lowest BCUT2D eigenvalue weighted by atomic mass is 9.88. The van der Waals surface area contributed by atoms with Crippen molar-refractivity contribution in [3.63, 3.8) is 0 Å². The SMILES string of the molecule is O=C(O)C(Cc1cnc[nH]1)NCC(Cc1cccc2ccccc12)Cc1cccc2ccccc12. The fourth-order valence-corrected chi connectivity index (χ4v) is 4.95. The first kappa shape index (κ1) is 22.8. The molecule has 5 heteroatoms. The molecule has 1 unspecified atom stereocenters. The van der Waals surface area contributed by atoms with E-state index in [1.165, 1.54) is 32.7 Å². The van der Waals surface area contributed by atoms with Crippen molar-refractivity contribution in [3.05, 3.63) is 114 Å². The Labute approximate surface area is 204 Å². The first-order valence-electron chi connectivity index (χ1n) is 12.0. The van der Waals surface area contributed by atoms with E-state index < -0.39 is 12.0 Å². The molecule has 1 aromatic heterocycles. The van der Waals surface area contributed by atoms with Gasteiger partial charge in [-0.1, -0.05) is 84.9 Å². The number of H-pyrrole nitrogens is 1. The van der Waals surface area contributed by atoms with Crippen molar-refractivity contribution in [1.82, 2.24) is 15.3 Å². The van der Waals surface area contributed by atoms with E-state index in [4.69, 9.17) is 0 Å². The average molecular weight is 464 g/mol. The third-order valence-electron chi connectivity index (χ3n) is 6.71. The van der Waals surface area contributed by atoms with E-state index in [1.54, 1.807) is 12.5 Å². The zero-order valence-corrected chi connectivity index (χ0v) is 19.5. The molecule has 0 radical (unpaired) electrons. The lowest BCUT2D eigenvalue weighted by molar-refractivity contribution is -0.139. The molecule has 176 valence electrons. The zero-order valence-electron chi connectivity index (χ0n) is 19.5. The molecule has 0 saturated carbocycles. The highest BCUT2D eigenvalue weighted by Crippen LogP contribution is 2.26. The molecule has 0 saturated heterocycles. The number of hydrogen-bond acceptors (Lipinski definition) is 3. The van der Waals surface area contributed by atoms with Crippen LogP contribution < -0.4 is 5.32 Å². The maximum Gasteiger partial charge on any atom is 0.321 e. The number of carboxylic acids is 1. The Kier molecular flexibility index (Phi) is 6.87. The smallest absolute Gasteiger partial charge is 0.321 e. The van der Waals surface area contributed by atoms with Crippen LogP contribution >= 0.6 is 0 Å². The van der Waals surface area contributed by atoms with E-state index in [1.807, 2.05) is 0 Å². The number of imidazole rings is 1. The van der Waals surface area contributed by atoms with Crippen LogP contribution in [0.25, 0.3) is 21.5 Å². The van der Waals surface area contributed by atoms with Crippen molar-refractivity contribution in [2.24, 2.45) is 5.92 Å². The first-order chi connectivity index (χ1) is 17.2. The van der Waals surface area contributed by atoms with Gasteiger partial charge < -0.3 is 15.4 Å². The van der Waals surface area contributed by atoms with Crippen molar-refractivity contribution >= 4 is 27.5 Å². The molecular formula is C30H29N3O2. The van der Waals surface area contributed by atoms with Crippen LogP contribution in [0.5, 0.6) is 0 Å². The lowest BCUT2D eigenvalue weighted by Gasteiger charge is -2.22. The van der Waals surface area contributed by atoms with Crippen molar-refractivity contribution in [2.45, 2.75) is 25.3 Å². The number of fused-ring (bicyclic) bond motifs is 2. The number of benzene rings is 4. The molecule has 0 amide bonds. The molecule has 1 heterocycles. The van der Waals surface area contributed by atoms with Gasteiger partial charge in [-0.25, -0.2) is 4.98 Å². The largest absolute Gasteiger partial charge is 0.480 e. The minimum atomic E-state index is -0.853. The second-order valence-electron chi connectivity index (χ2n) is 9.13. The average Bonchev–Trinajstić information content (AvgIpc) is 3.40. The lowest BCUT2D eigenvalue weighted by Crippen LogP contribution is -2.42. The number of hydrogen-bond donors (Lipinski definition) is 3. The molecule has 0 bridgehead atoms. The highest BCUT2D eigenvalue weighted by molar-refractivity contribution is 5.86. The van der Waals surface area contributed by atoms with Gasteiger partial charge >= 0.3 is 5.97 Å². The Morgan fingerprint density at radius 1 is 0.800 bits per heavy atom. The fourth-order valence-electron chi connectivity index (χ4n) is 4.95. The minimum absolute atomic E-state index is 0.218. The normalized spacial score (nSPS) is 12.4. The second-order valence-corrected chi connectivity index (χ2v) is 9.13. The molecule has 5 nitrogen and oxygen atoms in total. The Morgan fingerprint density at radius 3 is 1.91 bits per heavy atom. The number of nitrogens with one attached hydrogen (secondary N) is 2. The monoisotopic (exact) mass is 463 g/mol. The van der Waals surface area contributed by atoms with Crippen LogP contribution in [-0.4, -0.2) is 33.6 Å². The Hall–Kier alpha value is -3.96. The Bertz CT molecular complexity index is 1340. The summed E-state index contributed by atoms with van der Waals surface area (Å²) in [5.41, 5.74) is 3.38. The Morgan fingerprint density at radius 2 is 1.37 bits per heavy atom. The van der Waals surface area contributed by atoms with E-state index in [9.17, 15) is 9.90 Å². The standard InChI is InChI=1S/C30H29N3O2/c34-30(35)29(17-26-19-31-20-33-26)32-18-21(15-24-11-5-9-22-7-1-3-13-27(22)24)16-25-12-6-10-23-8-2-4-14-28(23)25/h1-14,19-21,29,32H,15-18H2,(H,31,33)(H,34,35). The maximum absolute atomic E-state index is 12.0. The van der Waals surface area contributed by atoms with E-state index in [-0.39, 0.29) is 5.92 Å². The summed E-state index contributed by atoms with van der Waals surface area (Å²) in [4.78, 5) is 19.0. The predicted molar refractivity (Wildman–Crippen MR) is 141 cm³/mol. The minimum Gasteiger partial charge on any atom is -0.480 e. The summed E-state index contributed by atoms with van der Waals surface area (Å²) in [6.45, 7) is 0.595. The van der Waals surface area contributed by atoms with Crippen LogP contribution in [0, 0.1) is 5.92 Å². The van der Waals surface area contributed by atoms with Gasteiger partial charge in [0.15, 0.2) is 0 Å². The summed E-state index contributed by atoms with van der Waals surface area (Å²) >= 11 is 0. The van der Waals surface area contributed by atoms with Gasteiger partial charge in [-0.05, 0) is 58.0 Å². The number of carboxylic acid groups (broad SMARTS) is 1. The summed E-state index contributed by atoms with van der Waals surface area (Å²) < 4.78 is 0. The van der Waals surface area contributed by atoms with Gasteiger partial charge in [0.2, 0.25) is 0 Å². The van der Waals surface area contributed by atoms with Gasteiger partial charge in [0.25, 0.3) is 0 Å². The zero-order chi connectivity index (χ0) is 24.0. The van der Waals surface area contributed by atoms with Crippen LogP contribution in [0.3, 0.4) is 0 Å². The highest BCUT2D eigenvalue weighted by atomic mass is 16.4. The Balaban J connectivity index is 1.42. The van der Waals surface area contributed by atoms with Crippen LogP contribution in [0.15, 0.2) is 97.5 Å². The number of nitrogens with zero attached hydrogens (tertiary/aromatic N) is 1. The van der Waals surface area contributed by atoms with E-state index in [0.29, 0.717) is 13.0 Å². The molecule has 0 aliphatic rings. The summed E-state index contributed by atoms with van der Waals surface area (Å²) in [5.74, 6) is -0.635. The van der Waals surface area contributed by atoms with Gasteiger partial charge in [-0.3, -0.25) is 4.79 Å². The van der Waals surface area contributed by atoms with Gasteiger partial charge in [0.1, 0.15) is 6.04 Å². The van der Waals surface area contributed by atoms with Gasteiger partial charge in [-0.15, -0.1) is 0 Å². The molecule has 0 aliphatic heterocycles. The van der Waals surface area contributed by atoms with E-state index in [0.717, 1.165) is 18.5 Å². The number of aromatic nitrogens is 2. The van der Waals surface area contributed by atoms with Crippen molar-refractivity contribution in [2.75, 3.05) is 6.54 Å². The topological polar surface area (TPSA) is 78.0 Å². The third kappa shape index (κ3) is 5.42. The van der Waals surface area contributed by atoms with E-state index in [2.05, 4.69) is 100 Å². The van der Waals surface area contributed by atoms with Crippen LogP contribution in [0.1, 0.15) is 16.8 Å². The van der Waals surface area contributed by atoms with Gasteiger partial charge in [0.05, 0.1) is 6.33 Å². The number of aliphatic carboxylic acids is 1. The molecule has 1 atom stereocenters. The van der Waals surface area contributed by atoms with Crippen LogP contribution in [0.4, 0.5) is 0 Å². The predicted octanol–water partition coefficient (Wildman–Crippen LogP) is 5.40. The molecular weight excluding hydrogens is 434 g/mol. The fraction of sp³-hybridized carbons (Fsp3) is 0.200. The number of rotatable bonds is 10. The molecule has 5 rings (SSSR count). The van der Waals surface area contributed by atoms with Gasteiger partial charge in [-0.2, -0.15) is 0 Å². The summed E-state index contributed by atoms with van der Waals surface area (Å²) in [7, 11) is 0. The molecule has 0 aliphatic carbocycles. The van der Waals surface area contributed by atoms with Crippen molar-refractivity contribution < 1.29 is 9.90 Å². The molecule has 0 spiro atoms. The quantitative estimate of drug-likeness (QED) is 0.259. The molecule has 35 heavy (non-hydrogen) atoms. The summed E-state index contributed by atoms with van der Waals surface area (Å²) in [5, 5.41) is 18.2. The highest BCUT2D eigenvalue weighted by Gasteiger charge is 2.21. The first-order valence-corrected chi connectivity index (χ1v) is 12.0. The van der Waals surface area contributed by atoms with Crippen molar-refractivity contribution in [3.8, 4) is 0 Å². The summed E-state index contributed by atoms with van der Waals surface area (Å²) in [6, 6.07) is 29.1. The molecule has 5 aromatic rings. The van der Waals surface area contributed by atoms with Crippen LogP contribution in [0.2, 0.25) is 0 Å². The van der Waals surface area contributed by atoms with Crippen molar-refractivity contribution in [1.29, 1.82) is 0 Å². The van der Waals surface area contributed by atoms with Gasteiger partial charge in [0, 0.05) is 18.3 Å². The number of aromatic amines is 1. The third-order valence-corrected chi connectivity index (χ3v) is 6.71. The molecule has 0 fully saturated rings. The van der Waals surface area contributed by atoms with E-state index >= 15 is 0 Å². The second kappa shape index (κ2) is 10.5. The molecule has 3 N–H and O–H groups in total. The number of carbonyl (C=O) groups is 1. The molecule has 4 aromatic carbocycles. The van der Waals surface area contributed by atoms with Crippen LogP contribution in [-0.2, 0) is 24.1 Å². The summed E-state index contributed by atoms with van der Waals surface area (Å²) in [6.07, 6.45) is 5.34.